The Hall–Kier alpha value is -0.300. The normalized spacial score (nSPS) is 12.6. The summed E-state index contributed by atoms with van der Waals surface area (Å²) in [5, 5.41) is 0. The molecule has 0 saturated heterocycles. The summed E-state index contributed by atoms with van der Waals surface area (Å²) in [5.41, 5.74) is 1.73. The topological polar surface area (TPSA) is 3.24 Å². The van der Waals surface area contributed by atoms with Crippen LogP contribution < -0.4 is 0 Å². The minimum atomic E-state index is 0.662. The second-order valence-corrected chi connectivity index (χ2v) is 7.23. The van der Waals surface area contributed by atoms with Crippen molar-refractivity contribution >= 4 is 0 Å². The minimum Gasteiger partial charge on any atom is -0.300 e. The molecular weight excluding hydrogens is 278 g/mol. The maximum Gasteiger partial charge on any atom is 0.0277 e. The van der Waals surface area contributed by atoms with E-state index in [9.17, 15) is 0 Å². The van der Waals surface area contributed by atoms with Gasteiger partial charge < -0.3 is 4.90 Å². The van der Waals surface area contributed by atoms with Crippen LogP contribution in [0.15, 0.2) is 11.6 Å². The Morgan fingerprint density at radius 2 is 1.26 bits per heavy atom. The summed E-state index contributed by atoms with van der Waals surface area (Å²) in [6.07, 6.45) is 20.4. The monoisotopic (exact) mass is 323 g/mol. The summed E-state index contributed by atoms with van der Waals surface area (Å²) < 4.78 is 0. The van der Waals surface area contributed by atoms with Crippen molar-refractivity contribution in [3.63, 3.8) is 0 Å². The fraction of sp³-hybridized carbons (Fsp3) is 0.909. The molecule has 0 amide bonds. The first-order chi connectivity index (χ1) is 11.2. The molecule has 0 bridgehead atoms. The van der Waals surface area contributed by atoms with Gasteiger partial charge in [-0.1, -0.05) is 90.7 Å². The Kier molecular flexibility index (Phi) is 16.3. The van der Waals surface area contributed by atoms with Crippen molar-refractivity contribution in [3.05, 3.63) is 11.6 Å². The van der Waals surface area contributed by atoms with Crippen molar-refractivity contribution < 1.29 is 0 Å². The van der Waals surface area contributed by atoms with Crippen molar-refractivity contribution in [1.29, 1.82) is 0 Å². The Labute approximate surface area is 147 Å². The van der Waals surface area contributed by atoms with E-state index in [1.54, 1.807) is 5.57 Å². The van der Waals surface area contributed by atoms with Gasteiger partial charge in [0.15, 0.2) is 0 Å². The van der Waals surface area contributed by atoms with Crippen LogP contribution in [0.2, 0.25) is 0 Å². The van der Waals surface area contributed by atoms with Crippen LogP contribution in [0.25, 0.3) is 0 Å². The summed E-state index contributed by atoms with van der Waals surface area (Å²) in [5.74, 6) is 0. The second-order valence-electron chi connectivity index (χ2n) is 7.23. The van der Waals surface area contributed by atoms with Gasteiger partial charge in [-0.15, -0.1) is 0 Å². The van der Waals surface area contributed by atoms with Crippen LogP contribution in [-0.4, -0.2) is 24.5 Å². The molecule has 0 aliphatic heterocycles. The third-order valence-electron chi connectivity index (χ3n) is 5.05. The number of hydrogen-bond donors (Lipinski definition) is 0. The van der Waals surface area contributed by atoms with E-state index in [0.717, 1.165) is 6.54 Å². The van der Waals surface area contributed by atoms with Gasteiger partial charge in [0.2, 0.25) is 0 Å². The maximum absolute atomic E-state index is 2.64. The number of unbranched alkanes of at least 4 members (excludes halogenated alkanes) is 7. The molecule has 0 rings (SSSR count). The van der Waals surface area contributed by atoms with E-state index in [4.69, 9.17) is 0 Å². The predicted molar refractivity (Wildman–Crippen MR) is 107 cm³/mol. The van der Waals surface area contributed by atoms with E-state index in [1.807, 2.05) is 0 Å². The average Bonchev–Trinajstić information content (AvgIpc) is 2.57. The van der Waals surface area contributed by atoms with Crippen LogP contribution >= 0.6 is 0 Å². The summed E-state index contributed by atoms with van der Waals surface area (Å²) in [7, 11) is 2.30. The Bertz CT molecular complexity index is 259. The van der Waals surface area contributed by atoms with Crippen molar-refractivity contribution in [3.8, 4) is 0 Å². The van der Waals surface area contributed by atoms with Gasteiger partial charge in [0.1, 0.15) is 0 Å². The fourth-order valence-electron chi connectivity index (χ4n) is 3.17. The lowest BCUT2D eigenvalue weighted by Gasteiger charge is -2.25. The van der Waals surface area contributed by atoms with Crippen LogP contribution in [0.1, 0.15) is 111 Å². The summed E-state index contributed by atoms with van der Waals surface area (Å²) >= 11 is 0. The predicted octanol–water partition coefficient (Wildman–Crippen LogP) is 7.36. The van der Waals surface area contributed by atoms with Gasteiger partial charge >= 0.3 is 0 Å². The third-order valence-corrected chi connectivity index (χ3v) is 5.05. The van der Waals surface area contributed by atoms with Gasteiger partial charge in [0, 0.05) is 6.04 Å². The van der Waals surface area contributed by atoms with Crippen molar-refractivity contribution in [2.24, 2.45) is 0 Å². The number of hydrogen-bond acceptors (Lipinski definition) is 1. The van der Waals surface area contributed by atoms with Crippen LogP contribution in [0, 0.1) is 0 Å². The molecule has 0 fully saturated rings. The smallest absolute Gasteiger partial charge is 0.0277 e. The zero-order valence-corrected chi connectivity index (χ0v) is 17.0. The average molecular weight is 324 g/mol. The summed E-state index contributed by atoms with van der Waals surface area (Å²) in [4.78, 5) is 2.55. The van der Waals surface area contributed by atoms with E-state index in [-0.39, 0.29) is 0 Å². The standard InChI is InChI=1S/C22H45N/c1-6-10-13-14-15-16-19-22(23(5)9-4)20-21(17-11-7-2)18-12-8-3/h20,22H,6-19H2,1-5H3. The third kappa shape index (κ3) is 12.8. The second kappa shape index (κ2) is 16.6. The molecule has 1 nitrogen and oxygen atoms in total. The highest BCUT2D eigenvalue weighted by Crippen LogP contribution is 2.20. The largest absolute Gasteiger partial charge is 0.300 e. The molecule has 0 saturated carbocycles. The molecule has 1 atom stereocenters. The molecule has 0 aliphatic rings. The Balaban J connectivity index is 4.47. The van der Waals surface area contributed by atoms with Gasteiger partial charge in [-0.2, -0.15) is 0 Å². The van der Waals surface area contributed by atoms with Crippen LogP contribution in [0.5, 0.6) is 0 Å². The lowest BCUT2D eigenvalue weighted by molar-refractivity contribution is 0.276. The Morgan fingerprint density at radius 1 is 0.739 bits per heavy atom. The van der Waals surface area contributed by atoms with E-state index >= 15 is 0 Å². The number of rotatable bonds is 16. The van der Waals surface area contributed by atoms with Gasteiger partial charge in [0.25, 0.3) is 0 Å². The first-order valence-corrected chi connectivity index (χ1v) is 10.6. The minimum absolute atomic E-state index is 0.662. The highest BCUT2D eigenvalue weighted by molar-refractivity contribution is 5.07. The molecule has 0 aliphatic carbocycles. The quantitative estimate of drug-likeness (QED) is 0.212. The first kappa shape index (κ1) is 22.7. The first-order valence-electron chi connectivity index (χ1n) is 10.6. The van der Waals surface area contributed by atoms with Crippen molar-refractivity contribution in [1.82, 2.24) is 4.90 Å². The zero-order valence-electron chi connectivity index (χ0n) is 17.0. The molecule has 23 heavy (non-hydrogen) atoms. The molecule has 0 spiro atoms. The molecule has 138 valence electrons. The van der Waals surface area contributed by atoms with E-state index < -0.39 is 0 Å². The summed E-state index contributed by atoms with van der Waals surface area (Å²) in [6.45, 7) is 10.4. The number of likely N-dealkylation sites (N-methyl/N-ethyl adjacent to an activating group) is 1. The molecule has 1 unspecified atom stereocenters. The maximum atomic E-state index is 2.64. The van der Waals surface area contributed by atoms with Gasteiger partial charge in [0.05, 0.1) is 0 Å². The fourth-order valence-corrected chi connectivity index (χ4v) is 3.17. The molecule has 0 aromatic heterocycles. The van der Waals surface area contributed by atoms with E-state index in [2.05, 4.69) is 45.7 Å². The van der Waals surface area contributed by atoms with Crippen LogP contribution in [0.4, 0.5) is 0 Å². The molecule has 0 aromatic rings. The van der Waals surface area contributed by atoms with Gasteiger partial charge in [-0.25, -0.2) is 0 Å². The van der Waals surface area contributed by atoms with Gasteiger partial charge in [-0.05, 0) is 45.7 Å². The summed E-state index contributed by atoms with van der Waals surface area (Å²) in [6, 6.07) is 0.662. The molecule has 0 N–H and O–H groups in total. The SMILES string of the molecule is CCCCCCCCC(C=C(CCCC)CCCC)N(C)CC. The van der Waals surface area contributed by atoms with Crippen LogP contribution in [0.3, 0.4) is 0 Å². The lowest BCUT2D eigenvalue weighted by Crippen LogP contribution is -2.30. The number of allylic oxidation sites excluding steroid dienone is 1. The number of nitrogens with zero attached hydrogens (tertiary/aromatic N) is 1. The van der Waals surface area contributed by atoms with Crippen molar-refractivity contribution in [2.45, 2.75) is 117 Å². The van der Waals surface area contributed by atoms with E-state index in [1.165, 1.54) is 83.5 Å². The highest BCUT2D eigenvalue weighted by Gasteiger charge is 2.11. The van der Waals surface area contributed by atoms with E-state index in [0.29, 0.717) is 6.04 Å². The van der Waals surface area contributed by atoms with Crippen molar-refractivity contribution in [2.75, 3.05) is 13.6 Å². The Morgan fingerprint density at radius 3 is 1.78 bits per heavy atom. The molecular formula is C22H45N. The highest BCUT2D eigenvalue weighted by atomic mass is 15.1. The molecule has 0 aromatic carbocycles. The molecule has 1 heteroatoms. The molecule has 0 heterocycles. The van der Waals surface area contributed by atoms with Gasteiger partial charge in [-0.3, -0.25) is 0 Å². The molecule has 0 radical (unpaired) electrons. The zero-order chi connectivity index (χ0) is 17.3. The lowest BCUT2D eigenvalue weighted by atomic mass is 9.97. The van der Waals surface area contributed by atoms with Crippen LogP contribution in [-0.2, 0) is 0 Å².